The SMILES string of the molecule is COc1cccc(-n2ccn3c(SCC(=O)Nc4ccc(C)cc4)nnc3c2=O)c1. The highest BCUT2D eigenvalue weighted by Gasteiger charge is 2.14. The minimum absolute atomic E-state index is 0.146. The largest absolute Gasteiger partial charge is 0.497 e. The Morgan fingerprint density at radius 2 is 1.93 bits per heavy atom. The van der Waals surface area contributed by atoms with Crippen LogP contribution in [0.1, 0.15) is 5.56 Å². The molecule has 2 heterocycles. The molecule has 2 aromatic heterocycles. The van der Waals surface area contributed by atoms with Crippen LogP contribution in [0.2, 0.25) is 0 Å². The fourth-order valence-corrected chi connectivity index (χ4v) is 3.61. The predicted molar refractivity (Wildman–Crippen MR) is 116 cm³/mol. The molecule has 0 aliphatic carbocycles. The van der Waals surface area contributed by atoms with Gasteiger partial charge < -0.3 is 10.1 Å². The molecule has 1 N–H and O–H groups in total. The van der Waals surface area contributed by atoms with E-state index in [0.717, 1.165) is 11.3 Å². The molecule has 9 heteroatoms. The molecule has 0 atom stereocenters. The highest BCUT2D eigenvalue weighted by atomic mass is 32.2. The summed E-state index contributed by atoms with van der Waals surface area (Å²) in [6.07, 6.45) is 3.35. The number of carbonyl (C=O) groups excluding carboxylic acids is 1. The van der Waals surface area contributed by atoms with Crippen molar-refractivity contribution < 1.29 is 9.53 Å². The quantitative estimate of drug-likeness (QED) is 0.482. The summed E-state index contributed by atoms with van der Waals surface area (Å²) in [4.78, 5) is 25.1. The summed E-state index contributed by atoms with van der Waals surface area (Å²) >= 11 is 1.21. The van der Waals surface area contributed by atoms with E-state index in [4.69, 9.17) is 4.74 Å². The highest BCUT2D eigenvalue weighted by molar-refractivity contribution is 7.99. The summed E-state index contributed by atoms with van der Waals surface area (Å²) in [5, 5.41) is 11.4. The number of benzene rings is 2. The molecule has 0 aliphatic heterocycles. The summed E-state index contributed by atoms with van der Waals surface area (Å²) in [6, 6.07) is 14.8. The van der Waals surface area contributed by atoms with Gasteiger partial charge in [0, 0.05) is 24.1 Å². The van der Waals surface area contributed by atoms with E-state index < -0.39 is 0 Å². The molecule has 4 rings (SSSR count). The van der Waals surface area contributed by atoms with Crippen molar-refractivity contribution in [2.75, 3.05) is 18.2 Å². The van der Waals surface area contributed by atoms with Crippen molar-refractivity contribution in [3.05, 3.63) is 76.8 Å². The van der Waals surface area contributed by atoms with Gasteiger partial charge in [-0.1, -0.05) is 35.5 Å². The maximum Gasteiger partial charge on any atom is 0.300 e. The number of hydrogen-bond donors (Lipinski definition) is 1. The first-order chi connectivity index (χ1) is 14.5. The zero-order valence-electron chi connectivity index (χ0n) is 16.4. The van der Waals surface area contributed by atoms with Crippen molar-refractivity contribution >= 4 is 29.0 Å². The Morgan fingerprint density at radius 1 is 1.13 bits per heavy atom. The van der Waals surface area contributed by atoms with E-state index in [1.165, 1.54) is 16.3 Å². The van der Waals surface area contributed by atoms with E-state index in [1.54, 1.807) is 36.0 Å². The number of rotatable bonds is 6. The van der Waals surface area contributed by atoms with Crippen LogP contribution in [0.25, 0.3) is 11.3 Å². The lowest BCUT2D eigenvalue weighted by Gasteiger charge is -2.08. The molecule has 0 aliphatic rings. The molecule has 30 heavy (non-hydrogen) atoms. The first kappa shape index (κ1) is 19.7. The van der Waals surface area contributed by atoms with Crippen molar-refractivity contribution in [3.8, 4) is 11.4 Å². The van der Waals surface area contributed by atoms with Crippen LogP contribution in [-0.2, 0) is 4.79 Å². The molecule has 0 unspecified atom stereocenters. The monoisotopic (exact) mass is 421 g/mol. The number of aryl methyl sites for hydroxylation is 1. The van der Waals surface area contributed by atoms with Gasteiger partial charge in [-0.25, -0.2) is 0 Å². The van der Waals surface area contributed by atoms with Crippen molar-refractivity contribution in [1.29, 1.82) is 0 Å². The molecule has 152 valence electrons. The number of amides is 1. The van der Waals surface area contributed by atoms with E-state index in [9.17, 15) is 9.59 Å². The molecule has 2 aromatic carbocycles. The number of nitrogens with zero attached hydrogens (tertiary/aromatic N) is 4. The van der Waals surface area contributed by atoms with Crippen LogP contribution in [0.4, 0.5) is 5.69 Å². The van der Waals surface area contributed by atoms with Crippen LogP contribution < -0.4 is 15.6 Å². The predicted octanol–water partition coefficient (Wildman–Crippen LogP) is 2.93. The lowest BCUT2D eigenvalue weighted by atomic mass is 10.2. The first-order valence-corrected chi connectivity index (χ1v) is 10.1. The summed E-state index contributed by atoms with van der Waals surface area (Å²) in [5.74, 6) is 0.634. The molecular weight excluding hydrogens is 402 g/mol. The molecule has 4 aromatic rings. The number of thioether (sulfide) groups is 1. The van der Waals surface area contributed by atoms with Crippen LogP contribution in [0.15, 0.2) is 70.9 Å². The van der Waals surface area contributed by atoms with E-state index in [1.807, 2.05) is 43.3 Å². The molecule has 0 spiro atoms. The third kappa shape index (κ3) is 4.06. The van der Waals surface area contributed by atoms with Gasteiger partial charge >= 0.3 is 5.56 Å². The van der Waals surface area contributed by atoms with Gasteiger partial charge in [0.25, 0.3) is 0 Å². The number of fused-ring (bicyclic) bond motifs is 1. The van der Waals surface area contributed by atoms with Crippen LogP contribution >= 0.6 is 11.8 Å². The lowest BCUT2D eigenvalue weighted by molar-refractivity contribution is -0.113. The Hall–Kier alpha value is -3.59. The van der Waals surface area contributed by atoms with Gasteiger partial charge in [0.2, 0.25) is 11.6 Å². The third-order valence-corrected chi connectivity index (χ3v) is 5.38. The van der Waals surface area contributed by atoms with Crippen LogP contribution in [0.5, 0.6) is 5.75 Å². The van der Waals surface area contributed by atoms with E-state index in [-0.39, 0.29) is 22.9 Å². The van der Waals surface area contributed by atoms with Gasteiger partial charge in [-0.2, -0.15) is 0 Å². The summed E-state index contributed by atoms with van der Waals surface area (Å²) in [5.41, 5.74) is 2.39. The number of aromatic nitrogens is 4. The number of nitrogens with one attached hydrogen (secondary N) is 1. The molecule has 8 nitrogen and oxygen atoms in total. The van der Waals surface area contributed by atoms with E-state index in [0.29, 0.717) is 16.6 Å². The number of ether oxygens (including phenoxy) is 1. The van der Waals surface area contributed by atoms with Gasteiger partial charge in [-0.05, 0) is 31.2 Å². The zero-order chi connectivity index (χ0) is 21.1. The summed E-state index contributed by atoms with van der Waals surface area (Å²) in [7, 11) is 1.57. The average Bonchev–Trinajstić information content (AvgIpc) is 3.18. The van der Waals surface area contributed by atoms with E-state index >= 15 is 0 Å². The Labute approximate surface area is 176 Å². The van der Waals surface area contributed by atoms with Crippen molar-refractivity contribution in [2.24, 2.45) is 0 Å². The molecule has 0 fully saturated rings. The average molecular weight is 421 g/mol. The van der Waals surface area contributed by atoms with Crippen molar-refractivity contribution in [2.45, 2.75) is 12.1 Å². The fraction of sp³-hybridized carbons (Fsp3) is 0.143. The third-order valence-electron chi connectivity index (χ3n) is 4.44. The molecule has 0 bridgehead atoms. The zero-order valence-corrected chi connectivity index (χ0v) is 17.2. The normalized spacial score (nSPS) is 10.9. The molecule has 1 amide bonds. The Balaban J connectivity index is 1.52. The van der Waals surface area contributed by atoms with Gasteiger partial charge in [-0.15, -0.1) is 10.2 Å². The maximum absolute atomic E-state index is 12.9. The minimum atomic E-state index is -0.311. The second-order valence-corrected chi connectivity index (χ2v) is 7.50. The van der Waals surface area contributed by atoms with Crippen molar-refractivity contribution in [1.82, 2.24) is 19.2 Å². The Kier molecular flexibility index (Phi) is 5.53. The van der Waals surface area contributed by atoms with E-state index in [2.05, 4.69) is 15.5 Å². The van der Waals surface area contributed by atoms with Crippen molar-refractivity contribution in [3.63, 3.8) is 0 Å². The standard InChI is InChI=1S/C21H19N5O3S/c1-14-6-8-15(9-7-14)22-18(27)13-30-21-24-23-19-20(28)25(10-11-26(19)21)16-4-3-5-17(12-16)29-2/h3-12H,13H2,1-2H3,(H,22,27). The van der Waals surface area contributed by atoms with Gasteiger partial charge in [-0.3, -0.25) is 18.6 Å². The van der Waals surface area contributed by atoms with Gasteiger partial charge in [0.15, 0.2) is 5.16 Å². The Morgan fingerprint density at radius 3 is 2.70 bits per heavy atom. The molecule has 0 saturated heterocycles. The molecule has 0 saturated carbocycles. The van der Waals surface area contributed by atoms with Crippen LogP contribution in [-0.4, -0.2) is 37.9 Å². The minimum Gasteiger partial charge on any atom is -0.497 e. The number of hydrogen-bond acceptors (Lipinski definition) is 6. The maximum atomic E-state index is 12.9. The molecule has 0 radical (unpaired) electrons. The number of carbonyl (C=O) groups is 1. The summed E-state index contributed by atoms with van der Waals surface area (Å²) in [6.45, 7) is 1.99. The number of methoxy groups -OCH3 is 1. The Bertz CT molecular complexity index is 1260. The smallest absolute Gasteiger partial charge is 0.300 e. The lowest BCUT2D eigenvalue weighted by Crippen LogP contribution is -2.20. The topological polar surface area (TPSA) is 90.5 Å². The highest BCUT2D eigenvalue weighted by Crippen LogP contribution is 2.18. The van der Waals surface area contributed by atoms with Crippen LogP contribution in [0.3, 0.4) is 0 Å². The second kappa shape index (κ2) is 8.42. The first-order valence-electron chi connectivity index (χ1n) is 9.15. The second-order valence-electron chi connectivity index (χ2n) is 6.55. The van der Waals surface area contributed by atoms with Crippen LogP contribution in [0, 0.1) is 6.92 Å². The fourth-order valence-electron chi connectivity index (χ4n) is 2.89. The molecular formula is C21H19N5O3S. The summed E-state index contributed by atoms with van der Waals surface area (Å²) < 4.78 is 8.28. The van der Waals surface area contributed by atoms with Gasteiger partial charge in [0.05, 0.1) is 18.6 Å². The number of anilines is 1. The van der Waals surface area contributed by atoms with Gasteiger partial charge in [0.1, 0.15) is 5.75 Å².